The van der Waals surface area contributed by atoms with Gasteiger partial charge >= 0.3 is 11.8 Å². The van der Waals surface area contributed by atoms with Crippen LogP contribution < -0.4 is 21.3 Å². The van der Waals surface area contributed by atoms with Crippen molar-refractivity contribution in [2.24, 2.45) is 34.6 Å². The van der Waals surface area contributed by atoms with Crippen molar-refractivity contribution < 1.29 is 68.4 Å². The van der Waals surface area contributed by atoms with Crippen molar-refractivity contribution in [3.05, 3.63) is 170 Å². The summed E-state index contributed by atoms with van der Waals surface area (Å²) in [6, 6.07) is 16.2. The Balaban J connectivity index is 0.000000291. The number of nitrogens with zero attached hydrogens (tertiary/aromatic N) is 6. The number of halogens is 3. The Morgan fingerprint density at radius 1 is 0.882 bits per heavy atom. The summed E-state index contributed by atoms with van der Waals surface area (Å²) in [7, 11) is 3.42. The lowest BCUT2D eigenvalue weighted by atomic mass is 9.78. The minimum absolute atomic E-state index is 0.0559. The Bertz CT molecular complexity index is 3720. The molecule has 1 unspecified atom stereocenters. The Kier molecular flexibility index (Phi) is 25.4. The second-order valence-corrected chi connectivity index (χ2v) is 24.5. The van der Waals surface area contributed by atoms with Crippen LogP contribution in [0.4, 0.5) is 5.69 Å². The number of hydrazone groups is 1. The first-order chi connectivity index (χ1) is 44.2. The fourth-order valence-electron chi connectivity index (χ4n) is 10.9. The number of methoxy groups -OCH3 is 1. The molecule has 10 rings (SSSR count). The zero-order valence-corrected chi connectivity index (χ0v) is 55.6. The SMILES string of the molecule is CO[C@H]1/C=C/O[C@@]2(C)Oc3c(C)c(O)c4c(O)c(c(/C=N\N5CCN(C)CC5)c(O)c4c3C2=O)NC(=O)/C(C)=C\C=C\[C@@H](C)[C@H](O)[C@@H](C)[C@H](O)[C@@H](C)[C@H](OC(C)=O)[C@@H]1C.Clc1ccc(COC(Cn2ccnc2)c2ccc(Cl)cc2Cl)cc1.NNC(=O)c1ccncc1. The van der Waals surface area contributed by atoms with E-state index in [4.69, 9.17) is 64.3 Å². The average molecular weight is 1340 g/mol. The predicted molar refractivity (Wildman–Crippen MR) is 354 cm³/mol. The molecule has 0 spiro atoms. The molecule has 0 aliphatic carbocycles. The van der Waals surface area contributed by atoms with E-state index in [1.54, 1.807) is 75.6 Å². The van der Waals surface area contributed by atoms with Crippen molar-refractivity contribution in [3.8, 4) is 23.0 Å². The number of allylic oxidation sites excluding steroid dienone is 2. The van der Waals surface area contributed by atoms with E-state index in [0.717, 1.165) is 24.2 Å². The number of hydrogen-bond donors (Lipinski definition) is 8. The van der Waals surface area contributed by atoms with Crippen LogP contribution in [0.15, 0.2) is 127 Å². The van der Waals surface area contributed by atoms with Gasteiger partial charge in [0, 0.05) is 138 Å². The van der Waals surface area contributed by atoms with E-state index in [9.17, 15) is 44.7 Å². The number of phenols is 3. The first-order valence-electron chi connectivity index (χ1n) is 29.9. The molecule has 93 heavy (non-hydrogen) atoms. The maximum absolute atomic E-state index is 14.4. The smallest absolute Gasteiger partial charge is 0.312 e. The zero-order valence-electron chi connectivity index (χ0n) is 53.3. The molecule has 26 heteroatoms. The van der Waals surface area contributed by atoms with Crippen LogP contribution >= 0.6 is 34.8 Å². The van der Waals surface area contributed by atoms with Gasteiger partial charge in [-0.1, -0.05) is 98.9 Å². The third-order valence-corrected chi connectivity index (χ3v) is 17.4. The number of Topliss-reactive ketones (excluding diaryl/α,β-unsaturated/α-hetero) is 1. The number of aliphatic hydroxyl groups excluding tert-OH is 2. The molecular formula is C67H80Cl3N9O14. The summed E-state index contributed by atoms with van der Waals surface area (Å²) in [5, 5.41) is 68.7. The van der Waals surface area contributed by atoms with E-state index in [1.807, 2.05) is 59.6 Å². The number of carbonyl (C=O) groups excluding carboxylic acids is 4. The lowest BCUT2D eigenvalue weighted by Crippen LogP contribution is -2.46. The largest absolute Gasteiger partial charge is 0.507 e. The normalized spacial score (nSPS) is 24.5. The first-order valence-corrected chi connectivity index (χ1v) is 31.1. The number of carbonyl (C=O) groups is 4. The summed E-state index contributed by atoms with van der Waals surface area (Å²) < 4.78 is 31.7. The third-order valence-electron chi connectivity index (χ3n) is 16.5. The number of anilines is 1. The average Bonchev–Trinajstić information content (AvgIpc) is 1.64. The molecule has 1 saturated heterocycles. The summed E-state index contributed by atoms with van der Waals surface area (Å²) >= 11 is 18.3. The molecular weight excluding hydrogens is 1260 g/mol. The number of aromatic hydroxyl groups is 3. The van der Waals surface area contributed by atoms with Crippen LogP contribution in [0.25, 0.3) is 10.8 Å². The number of fused-ring (bicyclic) bond motifs is 14. The van der Waals surface area contributed by atoms with E-state index in [0.29, 0.717) is 46.9 Å². The summed E-state index contributed by atoms with van der Waals surface area (Å²) in [5.41, 5.74) is 4.11. The van der Waals surface area contributed by atoms with E-state index >= 15 is 0 Å². The predicted octanol–water partition coefficient (Wildman–Crippen LogP) is 9.82. The summed E-state index contributed by atoms with van der Waals surface area (Å²) in [6.07, 6.45) is 13.1. The lowest BCUT2D eigenvalue weighted by Gasteiger charge is -2.38. The van der Waals surface area contributed by atoms with Gasteiger partial charge in [-0.25, -0.2) is 10.8 Å². The van der Waals surface area contributed by atoms with Crippen molar-refractivity contribution in [3.63, 3.8) is 0 Å². The fourth-order valence-corrected chi connectivity index (χ4v) is 11.5. The number of benzene rings is 4. The van der Waals surface area contributed by atoms with Gasteiger partial charge in [0.15, 0.2) is 5.75 Å². The van der Waals surface area contributed by atoms with E-state index < -0.39 is 88.8 Å². The molecule has 2 amide bonds. The molecule has 9 N–H and O–H groups in total. The number of imidazole rings is 1. The molecule has 4 aliphatic heterocycles. The molecule has 4 aromatic carbocycles. The number of phenolic OH excluding ortho intramolecular Hbond substituents is 3. The standard InChI is InChI=1S/C43H58N4O12.C18H15Cl3N2O.C6H7N3O/c1-21-12-11-13-22(2)42(55)45-33-28(20-44-47-17-15-46(9)16-18-47)37(52)30-31(38(33)53)36(51)26(6)40-32(30)41(54)43(8,59-40)57-19-14-29(56-10)23(3)39(58-27(7)48)25(5)35(50)24(4)34(21)49;19-14-3-1-13(2-4-14)11-24-18(10-23-8-7-22-12-23)16-6-5-15(20)9-17(16)21;7-9-6(10)5-1-3-8-4-2-5/h11-14,19-21,23-25,29,34-35,39,49-53H,15-18H2,1-10H3,(H,45,55);1-9,12,18H,10-11H2;1-4H,7H2,(H,9,10)/b12-11+,19-14+,22-13-,44-20-;;/t21-,23-,24-,25-,29+,34+,35+,39-,43+;;/m1../s1. The van der Waals surface area contributed by atoms with Gasteiger partial charge in [0.05, 0.1) is 72.5 Å². The molecule has 0 radical (unpaired) electrons. The van der Waals surface area contributed by atoms with Crippen molar-refractivity contribution >= 4 is 81.0 Å². The number of rotatable bonds is 11. The zero-order chi connectivity index (χ0) is 68.0. The molecule has 5 bridgehead atoms. The molecule has 6 heterocycles. The van der Waals surface area contributed by atoms with Crippen LogP contribution in [0, 0.1) is 30.6 Å². The van der Waals surface area contributed by atoms with E-state index in [-0.39, 0.29) is 56.5 Å². The fraction of sp³-hybridized carbons (Fsp3) is 0.388. The highest BCUT2D eigenvalue weighted by Gasteiger charge is 2.50. The Hall–Kier alpha value is -8.10. The van der Waals surface area contributed by atoms with E-state index in [1.165, 1.54) is 71.8 Å². The van der Waals surface area contributed by atoms with Crippen molar-refractivity contribution in [1.82, 2.24) is 29.9 Å². The molecule has 23 nitrogen and oxygen atoms in total. The van der Waals surface area contributed by atoms with Gasteiger partial charge in [-0.05, 0) is 68.9 Å². The lowest BCUT2D eigenvalue weighted by molar-refractivity contribution is -0.160. The van der Waals surface area contributed by atoms with Crippen molar-refractivity contribution in [2.75, 3.05) is 45.7 Å². The van der Waals surface area contributed by atoms with Gasteiger partial charge < -0.3 is 64.0 Å². The van der Waals surface area contributed by atoms with Gasteiger partial charge in [-0.15, -0.1) is 0 Å². The minimum atomic E-state index is -2.04. The molecule has 4 aliphatic rings. The number of nitrogens with two attached hydrogens (primary N) is 1. The Labute approximate surface area is 555 Å². The summed E-state index contributed by atoms with van der Waals surface area (Å²) in [5.74, 6) is -3.76. The number of piperazine rings is 1. The maximum Gasteiger partial charge on any atom is 0.312 e. The second-order valence-electron chi connectivity index (χ2n) is 23.2. The van der Waals surface area contributed by atoms with Crippen LogP contribution in [0.2, 0.25) is 15.1 Å². The number of ketones is 1. The highest BCUT2D eigenvalue weighted by molar-refractivity contribution is 6.35. The van der Waals surface area contributed by atoms with E-state index in [2.05, 4.69) is 25.3 Å². The van der Waals surface area contributed by atoms with Crippen LogP contribution in [-0.4, -0.2) is 150 Å². The van der Waals surface area contributed by atoms with Crippen molar-refractivity contribution in [2.45, 2.75) is 105 Å². The topological polar surface area (TPSA) is 315 Å². The van der Waals surface area contributed by atoms with Crippen molar-refractivity contribution in [1.29, 1.82) is 0 Å². The Morgan fingerprint density at radius 2 is 1.56 bits per heavy atom. The number of nitrogen functional groups attached to an aromatic ring is 1. The molecule has 498 valence electrons. The number of aromatic nitrogens is 3. The molecule has 6 aromatic rings. The van der Waals surface area contributed by atoms with Gasteiger partial charge in [0.25, 0.3) is 17.6 Å². The number of ether oxygens (including phenoxy) is 5. The minimum Gasteiger partial charge on any atom is -0.507 e. The number of likely N-dealkylation sites (N-methyl/N-ethyl adjacent to an activating group) is 1. The summed E-state index contributed by atoms with van der Waals surface area (Å²) in [6.45, 7) is 16.2. The highest BCUT2D eigenvalue weighted by atomic mass is 35.5. The first kappa shape index (κ1) is 72.3. The third kappa shape index (κ3) is 17.8. The van der Waals surface area contributed by atoms with Crippen LogP contribution in [-0.2, 0) is 41.7 Å². The number of amides is 2. The highest BCUT2D eigenvalue weighted by Crippen LogP contribution is 2.55. The van der Waals surface area contributed by atoms with Gasteiger partial charge in [0.1, 0.15) is 29.5 Å². The molecule has 10 atom stereocenters. The number of esters is 1. The number of aliphatic hydroxyl groups is 2. The monoisotopic (exact) mass is 1340 g/mol. The Morgan fingerprint density at radius 3 is 2.18 bits per heavy atom. The molecule has 1 fully saturated rings. The van der Waals surface area contributed by atoms with Gasteiger partial charge in [-0.3, -0.25) is 34.6 Å². The van der Waals surface area contributed by atoms with Crippen LogP contribution in [0.3, 0.4) is 0 Å². The number of hydrogen-bond acceptors (Lipinski definition) is 20. The van der Waals surface area contributed by atoms with Crippen LogP contribution in [0.5, 0.6) is 23.0 Å². The molecule has 2 aromatic heterocycles. The number of hydrazine groups is 1. The second kappa shape index (κ2) is 32.6. The number of nitrogens with one attached hydrogen (secondary N) is 2. The quantitative estimate of drug-likeness (QED) is 0.0114. The summed E-state index contributed by atoms with van der Waals surface area (Å²) in [4.78, 5) is 61.2. The number of pyridine rings is 1. The van der Waals surface area contributed by atoms with Crippen LogP contribution in [0.1, 0.15) is 97.5 Å². The van der Waals surface area contributed by atoms with Gasteiger partial charge in [-0.2, -0.15) is 5.10 Å². The van der Waals surface area contributed by atoms with Gasteiger partial charge in [0.2, 0.25) is 0 Å². The molecule has 0 saturated carbocycles. The maximum atomic E-state index is 14.4.